The average Bonchev–Trinajstić information content (AvgIpc) is 3.03. The van der Waals surface area contributed by atoms with Crippen LogP contribution in [-0.2, 0) is 14.3 Å². The second-order valence-electron chi connectivity index (χ2n) is 7.37. The molecule has 5 nitrogen and oxygen atoms in total. The predicted octanol–water partition coefficient (Wildman–Crippen LogP) is 3.68. The van der Waals surface area contributed by atoms with E-state index in [0.717, 1.165) is 28.7 Å². The van der Waals surface area contributed by atoms with Crippen LogP contribution in [0.1, 0.15) is 37.3 Å². The summed E-state index contributed by atoms with van der Waals surface area (Å²) in [4.78, 5) is 24.6. The van der Waals surface area contributed by atoms with Crippen molar-refractivity contribution < 1.29 is 19.4 Å². The first-order valence-corrected chi connectivity index (χ1v) is 9.74. The predicted molar refractivity (Wildman–Crippen MR) is 108 cm³/mol. The summed E-state index contributed by atoms with van der Waals surface area (Å²) >= 11 is 0. The minimum absolute atomic E-state index is 0.0339. The van der Waals surface area contributed by atoms with Gasteiger partial charge in [0.1, 0.15) is 6.61 Å². The molecule has 5 heteroatoms. The molecule has 0 spiro atoms. The molecule has 3 atom stereocenters. The van der Waals surface area contributed by atoms with Gasteiger partial charge in [-0.15, -0.1) is 0 Å². The van der Waals surface area contributed by atoms with E-state index in [1.807, 2.05) is 50.2 Å². The van der Waals surface area contributed by atoms with E-state index >= 15 is 0 Å². The molecular formula is C23H27NO4. The van der Waals surface area contributed by atoms with Crippen molar-refractivity contribution in [1.82, 2.24) is 5.32 Å². The largest absolute Gasteiger partial charge is 0.481 e. The Labute approximate surface area is 165 Å². The molecule has 0 aliphatic heterocycles. The van der Waals surface area contributed by atoms with Crippen LogP contribution in [0.25, 0.3) is 11.1 Å². The van der Waals surface area contributed by atoms with Crippen molar-refractivity contribution in [2.45, 2.75) is 32.2 Å². The van der Waals surface area contributed by atoms with Gasteiger partial charge in [0.25, 0.3) is 0 Å². The molecule has 148 valence electrons. The molecule has 0 radical (unpaired) electrons. The molecule has 28 heavy (non-hydrogen) atoms. The Balaban J connectivity index is 1.81. The maximum absolute atomic E-state index is 12.7. The van der Waals surface area contributed by atoms with E-state index in [1.165, 1.54) is 0 Å². The first-order chi connectivity index (χ1) is 13.5. The van der Waals surface area contributed by atoms with Crippen molar-refractivity contribution in [3.05, 3.63) is 59.7 Å². The highest BCUT2D eigenvalue weighted by Gasteiger charge is 2.39. The van der Waals surface area contributed by atoms with Crippen molar-refractivity contribution in [1.29, 1.82) is 0 Å². The summed E-state index contributed by atoms with van der Waals surface area (Å²) in [6, 6.07) is 15.7. The lowest BCUT2D eigenvalue weighted by molar-refractivity contribution is -0.161. The van der Waals surface area contributed by atoms with E-state index in [4.69, 9.17) is 4.74 Å². The molecule has 0 heterocycles. The lowest BCUT2D eigenvalue weighted by Gasteiger charge is -2.27. The Bertz CT molecular complexity index is 818. The number of rotatable bonds is 8. The van der Waals surface area contributed by atoms with Gasteiger partial charge in [0.15, 0.2) is 5.92 Å². The van der Waals surface area contributed by atoms with E-state index in [-0.39, 0.29) is 18.4 Å². The van der Waals surface area contributed by atoms with Crippen LogP contribution in [0.4, 0.5) is 0 Å². The smallest absolute Gasteiger partial charge is 0.321 e. The number of benzene rings is 2. The average molecular weight is 381 g/mol. The Hall–Kier alpha value is -2.66. The fraction of sp³-hybridized carbons (Fsp3) is 0.391. The number of carboxylic acids is 1. The number of esters is 1. The van der Waals surface area contributed by atoms with Crippen molar-refractivity contribution in [2.75, 3.05) is 13.7 Å². The molecule has 0 fully saturated rings. The van der Waals surface area contributed by atoms with E-state index in [9.17, 15) is 14.7 Å². The van der Waals surface area contributed by atoms with Gasteiger partial charge >= 0.3 is 11.9 Å². The highest BCUT2D eigenvalue weighted by Crippen LogP contribution is 2.44. The Morgan fingerprint density at radius 3 is 2.07 bits per heavy atom. The molecule has 1 unspecified atom stereocenters. The van der Waals surface area contributed by atoms with Gasteiger partial charge in [-0.05, 0) is 35.2 Å². The molecule has 1 aliphatic carbocycles. The molecule has 2 aromatic carbocycles. The highest BCUT2D eigenvalue weighted by atomic mass is 16.5. The maximum atomic E-state index is 12.7. The van der Waals surface area contributed by atoms with E-state index in [1.54, 1.807) is 7.05 Å². The van der Waals surface area contributed by atoms with Crippen LogP contribution in [0.5, 0.6) is 0 Å². The first-order valence-electron chi connectivity index (χ1n) is 9.74. The summed E-state index contributed by atoms with van der Waals surface area (Å²) in [6.07, 6.45) is 0.770. The molecule has 2 aromatic rings. The van der Waals surface area contributed by atoms with Crippen LogP contribution in [0.3, 0.4) is 0 Å². The summed E-state index contributed by atoms with van der Waals surface area (Å²) in [5, 5.41) is 12.6. The number of fused-ring (bicyclic) bond motifs is 3. The van der Waals surface area contributed by atoms with Gasteiger partial charge < -0.3 is 15.2 Å². The fourth-order valence-corrected chi connectivity index (χ4v) is 4.13. The number of carboxylic acid groups (broad SMARTS) is 1. The minimum atomic E-state index is -1.23. The summed E-state index contributed by atoms with van der Waals surface area (Å²) in [5.74, 6) is -3.12. The molecule has 1 aliphatic rings. The molecule has 0 saturated carbocycles. The summed E-state index contributed by atoms with van der Waals surface area (Å²) in [7, 11) is 1.68. The Morgan fingerprint density at radius 1 is 1.07 bits per heavy atom. The van der Waals surface area contributed by atoms with Gasteiger partial charge in [-0.25, -0.2) is 0 Å². The molecule has 0 amide bonds. The van der Waals surface area contributed by atoms with Gasteiger partial charge in [0.2, 0.25) is 0 Å². The first kappa shape index (κ1) is 20.1. The summed E-state index contributed by atoms with van der Waals surface area (Å²) in [5.41, 5.74) is 4.49. The molecule has 3 rings (SSSR count). The van der Waals surface area contributed by atoms with Crippen molar-refractivity contribution in [3.63, 3.8) is 0 Å². The zero-order valence-electron chi connectivity index (χ0n) is 16.5. The van der Waals surface area contributed by atoms with E-state index in [0.29, 0.717) is 0 Å². The molecular weight excluding hydrogens is 354 g/mol. The number of hydrogen-bond donors (Lipinski definition) is 2. The lowest BCUT2D eigenvalue weighted by atomic mass is 9.87. The number of carbonyl (C=O) groups is 2. The van der Waals surface area contributed by atoms with Gasteiger partial charge in [-0.1, -0.05) is 68.8 Å². The molecule has 0 saturated heterocycles. The monoisotopic (exact) mass is 381 g/mol. The van der Waals surface area contributed by atoms with Gasteiger partial charge in [0.05, 0.1) is 0 Å². The van der Waals surface area contributed by atoms with Crippen LogP contribution < -0.4 is 5.32 Å². The van der Waals surface area contributed by atoms with Crippen LogP contribution in [0.15, 0.2) is 48.5 Å². The number of hydrogen-bond acceptors (Lipinski definition) is 4. The van der Waals surface area contributed by atoms with Crippen LogP contribution in [-0.4, -0.2) is 36.7 Å². The maximum Gasteiger partial charge on any atom is 0.321 e. The number of carbonyl (C=O) groups excluding carboxylic acids is 1. The third-order valence-corrected chi connectivity index (χ3v) is 5.82. The van der Waals surface area contributed by atoms with Gasteiger partial charge in [-0.3, -0.25) is 9.59 Å². The Kier molecular flexibility index (Phi) is 6.15. The molecule has 2 N–H and O–H groups in total. The molecule has 0 aromatic heterocycles. The standard InChI is InChI=1S/C23H27NO4/c1-4-14(2)21(24-3)20(22(25)26)23(27)28-13-19-17-11-7-5-9-15(17)16-10-6-8-12-18(16)19/h5-12,14,19-21,24H,4,13H2,1-3H3,(H,25,26)/t14-,20?,21+/m1/s1. The number of aliphatic carboxylic acids is 1. The third kappa shape index (κ3) is 3.67. The van der Waals surface area contributed by atoms with E-state index in [2.05, 4.69) is 17.4 Å². The number of nitrogens with one attached hydrogen (secondary N) is 1. The Morgan fingerprint density at radius 2 is 1.61 bits per heavy atom. The third-order valence-electron chi connectivity index (χ3n) is 5.82. The zero-order valence-corrected chi connectivity index (χ0v) is 16.5. The summed E-state index contributed by atoms with van der Waals surface area (Å²) in [6.45, 7) is 4.05. The van der Waals surface area contributed by atoms with Crippen molar-refractivity contribution in [3.8, 4) is 11.1 Å². The quantitative estimate of drug-likeness (QED) is 0.539. The van der Waals surface area contributed by atoms with Crippen LogP contribution in [0.2, 0.25) is 0 Å². The topological polar surface area (TPSA) is 75.6 Å². The minimum Gasteiger partial charge on any atom is -0.481 e. The number of ether oxygens (including phenoxy) is 1. The normalized spacial score (nSPS) is 16.0. The van der Waals surface area contributed by atoms with E-state index < -0.39 is 23.9 Å². The van der Waals surface area contributed by atoms with Crippen molar-refractivity contribution in [2.24, 2.45) is 11.8 Å². The highest BCUT2D eigenvalue weighted by molar-refractivity contribution is 5.95. The summed E-state index contributed by atoms with van der Waals surface area (Å²) < 4.78 is 5.58. The zero-order chi connectivity index (χ0) is 20.3. The second kappa shape index (κ2) is 8.57. The molecule has 0 bridgehead atoms. The second-order valence-corrected chi connectivity index (χ2v) is 7.37. The van der Waals surface area contributed by atoms with Gasteiger partial charge in [-0.2, -0.15) is 0 Å². The van der Waals surface area contributed by atoms with Crippen molar-refractivity contribution >= 4 is 11.9 Å². The van der Waals surface area contributed by atoms with Crippen LogP contribution >= 0.6 is 0 Å². The fourth-order valence-electron chi connectivity index (χ4n) is 4.13. The van der Waals surface area contributed by atoms with Gasteiger partial charge in [0, 0.05) is 12.0 Å². The van der Waals surface area contributed by atoms with Crippen LogP contribution in [0, 0.1) is 11.8 Å². The lowest BCUT2D eigenvalue weighted by Crippen LogP contribution is -2.47. The SMILES string of the molecule is CC[C@@H](C)[C@H](NC)C(C(=O)O)C(=O)OCC1c2ccccc2-c2ccccc21.